The van der Waals surface area contributed by atoms with Crippen LogP contribution in [0.2, 0.25) is 0 Å². The number of carbonyl (C=O) groups is 1. The summed E-state index contributed by atoms with van der Waals surface area (Å²) in [6.07, 6.45) is -3.51. The molecule has 0 atom stereocenters. The molecule has 0 saturated heterocycles. The predicted molar refractivity (Wildman–Crippen MR) is 72.8 cm³/mol. The maximum atomic E-state index is 12.0. The second-order valence-electron chi connectivity index (χ2n) is 4.65. The molecular weight excluding hydrogens is 285 g/mol. The summed E-state index contributed by atoms with van der Waals surface area (Å²) in [6.45, 7) is 1.12. The summed E-state index contributed by atoms with van der Waals surface area (Å²) >= 11 is 0. The number of amides is 1. The average molecular weight is 304 g/mol. The maximum Gasteiger partial charge on any atom is 0.573 e. The van der Waals surface area contributed by atoms with Gasteiger partial charge in [-0.1, -0.05) is 12.1 Å². The highest BCUT2D eigenvalue weighted by molar-refractivity contribution is 5.75. The molecule has 7 heteroatoms. The van der Waals surface area contributed by atoms with Crippen LogP contribution < -0.4 is 10.1 Å². The fourth-order valence-electron chi connectivity index (χ4n) is 1.77. The van der Waals surface area contributed by atoms with E-state index in [2.05, 4.69) is 10.1 Å². The van der Waals surface area contributed by atoms with Crippen LogP contribution in [0.1, 0.15) is 18.4 Å². The Hall–Kier alpha value is -1.76. The Morgan fingerprint density at radius 3 is 2.43 bits per heavy atom. The molecule has 1 N–H and O–H groups in total. The van der Waals surface area contributed by atoms with Crippen LogP contribution in [0.25, 0.3) is 0 Å². The third-order valence-electron chi connectivity index (χ3n) is 2.82. The topological polar surface area (TPSA) is 41.6 Å². The monoisotopic (exact) mass is 304 g/mol. The number of ether oxygens (including phenoxy) is 1. The van der Waals surface area contributed by atoms with Gasteiger partial charge < -0.3 is 15.0 Å². The van der Waals surface area contributed by atoms with E-state index < -0.39 is 6.36 Å². The van der Waals surface area contributed by atoms with Crippen LogP contribution in [0.5, 0.6) is 5.75 Å². The van der Waals surface area contributed by atoms with Crippen molar-refractivity contribution >= 4 is 5.91 Å². The number of hydrogen-bond donors (Lipinski definition) is 1. The zero-order chi connectivity index (χ0) is 15.9. The maximum absolute atomic E-state index is 12.0. The minimum absolute atomic E-state index is 0.000804. The van der Waals surface area contributed by atoms with Crippen molar-refractivity contribution in [2.45, 2.75) is 25.7 Å². The molecule has 0 radical (unpaired) electrons. The SMILES string of the molecule is CNCCCC(=O)N(C)Cc1ccc(OC(F)(F)F)cc1. The van der Waals surface area contributed by atoms with Crippen LogP contribution in [0.4, 0.5) is 13.2 Å². The number of hydrogen-bond acceptors (Lipinski definition) is 3. The zero-order valence-electron chi connectivity index (χ0n) is 12.0. The van der Waals surface area contributed by atoms with Gasteiger partial charge in [-0.05, 0) is 37.7 Å². The highest BCUT2D eigenvalue weighted by Crippen LogP contribution is 2.23. The molecular formula is C14H19F3N2O2. The third-order valence-corrected chi connectivity index (χ3v) is 2.82. The number of nitrogens with zero attached hydrogens (tertiary/aromatic N) is 1. The second kappa shape index (κ2) is 7.87. The summed E-state index contributed by atoms with van der Waals surface area (Å²) in [5, 5.41) is 2.96. The van der Waals surface area contributed by atoms with Crippen LogP contribution >= 0.6 is 0 Å². The standard InChI is InChI=1S/C14H19F3N2O2/c1-18-9-3-4-13(20)19(2)10-11-5-7-12(8-6-11)21-14(15,16)17/h5-8,18H,3-4,9-10H2,1-2H3. The van der Waals surface area contributed by atoms with E-state index in [1.54, 1.807) is 11.9 Å². The van der Waals surface area contributed by atoms with E-state index >= 15 is 0 Å². The first-order valence-electron chi connectivity index (χ1n) is 6.55. The fraction of sp³-hybridized carbons (Fsp3) is 0.500. The Kier molecular flexibility index (Phi) is 6.48. The lowest BCUT2D eigenvalue weighted by atomic mass is 10.2. The van der Waals surface area contributed by atoms with Crippen LogP contribution in [0.3, 0.4) is 0 Å². The largest absolute Gasteiger partial charge is 0.573 e. The van der Waals surface area contributed by atoms with Gasteiger partial charge in [-0.15, -0.1) is 13.2 Å². The van der Waals surface area contributed by atoms with Gasteiger partial charge in [-0.25, -0.2) is 0 Å². The van der Waals surface area contributed by atoms with Gasteiger partial charge in [0.25, 0.3) is 0 Å². The molecule has 1 rings (SSSR count). The van der Waals surface area contributed by atoms with Crippen molar-refractivity contribution < 1.29 is 22.7 Å². The molecule has 0 aliphatic heterocycles. The number of halogens is 3. The van der Waals surface area contributed by atoms with E-state index in [1.807, 2.05) is 7.05 Å². The lowest BCUT2D eigenvalue weighted by molar-refractivity contribution is -0.274. The van der Waals surface area contributed by atoms with Gasteiger partial charge in [0.2, 0.25) is 5.91 Å². The Bertz CT molecular complexity index is 447. The van der Waals surface area contributed by atoms with Crippen molar-refractivity contribution in [1.82, 2.24) is 10.2 Å². The number of nitrogens with one attached hydrogen (secondary N) is 1. The van der Waals surface area contributed by atoms with Gasteiger partial charge in [-0.3, -0.25) is 4.79 Å². The van der Waals surface area contributed by atoms with E-state index in [-0.39, 0.29) is 11.7 Å². The predicted octanol–water partition coefficient (Wildman–Crippen LogP) is 2.54. The molecule has 118 valence electrons. The number of alkyl halides is 3. The van der Waals surface area contributed by atoms with E-state index in [1.165, 1.54) is 24.3 Å². The van der Waals surface area contributed by atoms with Crippen LogP contribution in [0, 0.1) is 0 Å². The Balaban J connectivity index is 2.49. The average Bonchev–Trinajstić information content (AvgIpc) is 2.39. The molecule has 1 aromatic rings. The molecule has 1 aromatic carbocycles. The number of rotatable bonds is 7. The zero-order valence-corrected chi connectivity index (χ0v) is 12.0. The van der Waals surface area contributed by atoms with Crippen molar-refractivity contribution in [3.05, 3.63) is 29.8 Å². The lowest BCUT2D eigenvalue weighted by Crippen LogP contribution is -2.26. The Morgan fingerprint density at radius 2 is 1.90 bits per heavy atom. The quantitative estimate of drug-likeness (QED) is 0.787. The van der Waals surface area contributed by atoms with Crippen molar-refractivity contribution in [1.29, 1.82) is 0 Å². The van der Waals surface area contributed by atoms with E-state index in [0.29, 0.717) is 13.0 Å². The second-order valence-corrected chi connectivity index (χ2v) is 4.65. The van der Waals surface area contributed by atoms with Crippen molar-refractivity contribution in [2.24, 2.45) is 0 Å². The summed E-state index contributed by atoms with van der Waals surface area (Å²) in [4.78, 5) is 13.4. The van der Waals surface area contributed by atoms with Gasteiger partial charge in [-0.2, -0.15) is 0 Å². The van der Waals surface area contributed by atoms with E-state index in [4.69, 9.17) is 0 Å². The fourth-order valence-corrected chi connectivity index (χ4v) is 1.77. The molecule has 0 aromatic heterocycles. The molecule has 0 saturated carbocycles. The molecule has 0 spiro atoms. The minimum Gasteiger partial charge on any atom is -0.406 e. The van der Waals surface area contributed by atoms with Gasteiger partial charge in [0.05, 0.1) is 0 Å². The molecule has 0 fully saturated rings. The molecule has 21 heavy (non-hydrogen) atoms. The summed E-state index contributed by atoms with van der Waals surface area (Å²) in [5.41, 5.74) is 0.744. The van der Waals surface area contributed by atoms with Gasteiger partial charge in [0, 0.05) is 20.0 Å². The first-order valence-corrected chi connectivity index (χ1v) is 6.55. The highest BCUT2D eigenvalue weighted by atomic mass is 19.4. The summed E-state index contributed by atoms with van der Waals surface area (Å²) in [6, 6.07) is 5.50. The first-order chi connectivity index (χ1) is 9.81. The molecule has 0 unspecified atom stereocenters. The molecule has 0 aliphatic rings. The van der Waals surface area contributed by atoms with E-state index in [9.17, 15) is 18.0 Å². The van der Waals surface area contributed by atoms with Gasteiger partial charge >= 0.3 is 6.36 Å². The number of carbonyl (C=O) groups excluding carboxylic acids is 1. The van der Waals surface area contributed by atoms with Crippen molar-refractivity contribution in [2.75, 3.05) is 20.6 Å². The Morgan fingerprint density at radius 1 is 1.29 bits per heavy atom. The molecule has 0 heterocycles. The van der Waals surface area contributed by atoms with Gasteiger partial charge in [0.1, 0.15) is 5.75 Å². The molecule has 0 bridgehead atoms. The third kappa shape index (κ3) is 6.99. The minimum atomic E-state index is -4.69. The van der Waals surface area contributed by atoms with Crippen LogP contribution in [-0.2, 0) is 11.3 Å². The van der Waals surface area contributed by atoms with E-state index in [0.717, 1.165) is 18.5 Å². The van der Waals surface area contributed by atoms with Crippen molar-refractivity contribution in [3.8, 4) is 5.75 Å². The van der Waals surface area contributed by atoms with Crippen molar-refractivity contribution in [3.63, 3.8) is 0 Å². The summed E-state index contributed by atoms with van der Waals surface area (Å²) < 4.78 is 39.9. The number of benzene rings is 1. The highest BCUT2D eigenvalue weighted by Gasteiger charge is 2.30. The summed E-state index contributed by atoms with van der Waals surface area (Å²) in [5.74, 6) is -0.268. The smallest absolute Gasteiger partial charge is 0.406 e. The summed E-state index contributed by atoms with van der Waals surface area (Å²) in [7, 11) is 3.49. The molecule has 0 aliphatic carbocycles. The molecule has 4 nitrogen and oxygen atoms in total. The van der Waals surface area contributed by atoms with Crippen LogP contribution in [-0.4, -0.2) is 37.8 Å². The molecule has 1 amide bonds. The van der Waals surface area contributed by atoms with Crippen LogP contribution in [0.15, 0.2) is 24.3 Å². The Labute approximate surface area is 121 Å². The first kappa shape index (κ1) is 17.3. The lowest BCUT2D eigenvalue weighted by Gasteiger charge is -2.17. The normalized spacial score (nSPS) is 11.3. The van der Waals surface area contributed by atoms with Gasteiger partial charge in [0.15, 0.2) is 0 Å².